The van der Waals surface area contributed by atoms with E-state index in [2.05, 4.69) is 4.90 Å². The van der Waals surface area contributed by atoms with Crippen LogP contribution < -0.4 is 4.90 Å². The molecule has 3 heterocycles. The van der Waals surface area contributed by atoms with Gasteiger partial charge in [0.05, 0.1) is 29.7 Å². The zero-order valence-corrected chi connectivity index (χ0v) is 13.7. The van der Waals surface area contributed by atoms with Crippen molar-refractivity contribution < 1.29 is 14.3 Å². The Hall–Kier alpha value is -1.14. The van der Waals surface area contributed by atoms with Gasteiger partial charge in [-0.1, -0.05) is 11.3 Å². The summed E-state index contributed by atoms with van der Waals surface area (Å²) < 4.78 is 10.9. The second-order valence-electron chi connectivity index (χ2n) is 6.63. The molecular formula is C15H22N2O3S. The van der Waals surface area contributed by atoms with Gasteiger partial charge in [0, 0.05) is 19.5 Å². The minimum Gasteiger partial charge on any atom is -0.460 e. The number of hydrogen-bond acceptors (Lipinski definition) is 6. The van der Waals surface area contributed by atoms with E-state index in [4.69, 9.17) is 14.5 Å². The lowest BCUT2D eigenvalue weighted by Crippen LogP contribution is -2.30. The van der Waals surface area contributed by atoms with Gasteiger partial charge in [0.1, 0.15) is 5.60 Å². The fourth-order valence-electron chi connectivity index (χ4n) is 2.66. The summed E-state index contributed by atoms with van der Waals surface area (Å²) in [7, 11) is 0. The van der Waals surface area contributed by atoms with Gasteiger partial charge in [0.2, 0.25) is 0 Å². The van der Waals surface area contributed by atoms with Crippen LogP contribution in [-0.4, -0.2) is 36.3 Å². The van der Waals surface area contributed by atoms with Crippen molar-refractivity contribution in [3.63, 3.8) is 0 Å². The molecular weight excluding hydrogens is 288 g/mol. The van der Waals surface area contributed by atoms with E-state index in [1.807, 2.05) is 20.8 Å². The van der Waals surface area contributed by atoms with Gasteiger partial charge in [0.25, 0.3) is 0 Å². The van der Waals surface area contributed by atoms with Crippen molar-refractivity contribution in [2.24, 2.45) is 5.92 Å². The van der Waals surface area contributed by atoms with Crippen LogP contribution in [0.4, 0.5) is 5.13 Å². The van der Waals surface area contributed by atoms with Gasteiger partial charge in [-0.05, 0) is 27.2 Å². The highest BCUT2D eigenvalue weighted by atomic mass is 32.1. The maximum absolute atomic E-state index is 12.1. The van der Waals surface area contributed by atoms with E-state index < -0.39 is 5.60 Å². The first-order valence-corrected chi connectivity index (χ1v) is 8.28. The molecule has 1 aromatic rings. The maximum atomic E-state index is 12.1. The summed E-state index contributed by atoms with van der Waals surface area (Å²) in [6.45, 7) is 8.75. The molecule has 0 amide bonds. The quantitative estimate of drug-likeness (QED) is 0.785. The first kappa shape index (κ1) is 14.8. The van der Waals surface area contributed by atoms with Crippen LogP contribution in [0.2, 0.25) is 0 Å². The SMILES string of the molecule is CC(C)(C)OC(=O)C1CCN(c2nc3c(s2)COCC3)C1. The first-order chi connectivity index (χ1) is 9.92. The molecule has 0 saturated carbocycles. The minimum atomic E-state index is -0.415. The Balaban J connectivity index is 1.64. The summed E-state index contributed by atoms with van der Waals surface area (Å²) in [6, 6.07) is 0. The second-order valence-corrected chi connectivity index (χ2v) is 7.70. The Morgan fingerprint density at radius 3 is 3.00 bits per heavy atom. The van der Waals surface area contributed by atoms with E-state index in [1.54, 1.807) is 11.3 Å². The number of rotatable bonds is 2. The highest BCUT2D eigenvalue weighted by molar-refractivity contribution is 7.15. The number of thiazole rings is 1. The Kier molecular flexibility index (Phi) is 3.92. The minimum absolute atomic E-state index is 0.0404. The van der Waals surface area contributed by atoms with Gasteiger partial charge >= 0.3 is 5.97 Å². The number of carbonyl (C=O) groups excluding carboxylic acids is 1. The lowest BCUT2D eigenvalue weighted by atomic mass is 10.1. The molecule has 3 rings (SSSR count). The number of ether oxygens (including phenoxy) is 2. The van der Waals surface area contributed by atoms with Crippen molar-refractivity contribution in [2.75, 3.05) is 24.6 Å². The number of fused-ring (bicyclic) bond motifs is 1. The van der Waals surface area contributed by atoms with E-state index >= 15 is 0 Å². The molecule has 2 aliphatic rings. The standard InChI is InChI=1S/C15H22N2O3S/c1-15(2,3)20-13(18)10-4-6-17(8-10)14-16-11-5-7-19-9-12(11)21-14/h10H,4-9H2,1-3H3. The fraction of sp³-hybridized carbons (Fsp3) is 0.733. The highest BCUT2D eigenvalue weighted by Crippen LogP contribution is 2.33. The Morgan fingerprint density at radius 1 is 1.48 bits per heavy atom. The number of nitrogens with zero attached hydrogens (tertiary/aromatic N) is 2. The topological polar surface area (TPSA) is 51.7 Å². The van der Waals surface area contributed by atoms with E-state index in [0.29, 0.717) is 13.2 Å². The lowest BCUT2D eigenvalue weighted by molar-refractivity contribution is -0.159. The molecule has 0 radical (unpaired) electrons. The van der Waals surface area contributed by atoms with Crippen molar-refractivity contribution >= 4 is 22.4 Å². The molecule has 6 heteroatoms. The van der Waals surface area contributed by atoms with E-state index in [9.17, 15) is 4.79 Å². The summed E-state index contributed by atoms with van der Waals surface area (Å²) in [5, 5.41) is 1.02. The Bertz CT molecular complexity index is 512. The maximum Gasteiger partial charge on any atom is 0.311 e. The molecule has 0 N–H and O–H groups in total. The average Bonchev–Trinajstić information content (AvgIpc) is 3.03. The summed E-state index contributed by atoms with van der Waals surface area (Å²) in [6.07, 6.45) is 1.74. The molecule has 1 atom stereocenters. The summed E-state index contributed by atoms with van der Waals surface area (Å²) >= 11 is 1.70. The molecule has 1 aromatic heterocycles. The van der Waals surface area contributed by atoms with Crippen molar-refractivity contribution in [1.82, 2.24) is 4.98 Å². The zero-order valence-electron chi connectivity index (χ0n) is 12.8. The largest absolute Gasteiger partial charge is 0.460 e. The van der Waals surface area contributed by atoms with Crippen molar-refractivity contribution in [2.45, 2.75) is 45.8 Å². The van der Waals surface area contributed by atoms with Crippen LogP contribution in [0.5, 0.6) is 0 Å². The summed E-state index contributed by atoms with van der Waals surface area (Å²) in [4.78, 5) is 20.3. The van der Waals surface area contributed by atoms with Gasteiger partial charge in [-0.2, -0.15) is 0 Å². The van der Waals surface area contributed by atoms with Gasteiger partial charge in [-0.3, -0.25) is 4.79 Å². The number of aromatic nitrogens is 1. The van der Waals surface area contributed by atoms with Crippen LogP contribution in [0, 0.1) is 5.92 Å². The van der Waals surface area contributed by atoms with Gasteiger partial charge in [0.15, 0.2) is 5.13 Å². The molecule has 0 aliphatic carbocycles. The second kappa shape index (κ2) is 5.57. The third kappa shape index (κ3) is 3.37. The first-order valence-electron chi connectivity index (χ1n) is 7.46. The third-order valence-corrected chi connectivity index (χ3v) is 4.81. The van der Waals surface area contributed by atoms with Gasteiger partial charge in [-0.25, -0.2) is 4.98 Å². The lowest BCUT2D eigenvalue weighted by Gasteiger charge is -2.22. The molecule has 2 aliphatic heterocycles. The fourth-order valence-corrected chi connectivity index (χ4v) is 3.74. The van der Waals surface area contributed by atoms with E-state index in [0.717, 1.165) is 31.1 Å². The molecule has 1 saturated heterocycles. The normalized spacial score (nSPS) is 22.2. The van der Waals surface area contributed by atoms with Gasteiger partial charge in [-0.15, -0.1) is 0 Å². The van der Waals surface area contributed by atoms with Crippen LogP contribution >= 0.6 is 11.3 Å². The Morgan fingerprint density at radius 2 is 2.29 bits per heavy atom. The van der Waals surface area contributed by atoms with Crippen LogP contribution in [0.25, 0.3) is 0 Å². The van der Waals surface area contributed by atoms with Crippen molar-refractivity contribution in [3.05, 3.63) is 10.6 Å². The predicted octanol–water partition coefficient (Wildman–Crippen LogP) is 2.38. The monoisotopic (exact) mass is 310 g/mol. The summed E-state index contributed by atoms with van der Waals surface area (Å²) in [5.74, 6) is -0.129. The number of carbonyl (C=O) groups is 1. The molecule has 116 valence electrons. The third-order valence-electron chi connectivity index (χ3n) is 3.68. The van der Waals surface area contributed by atoms with Crippen molar-refractivity contribution in [1.29, 1.82) is 0 Å². The number of hydrogen-bond donors (Lipinski definition) is 0. The zero-order chi connectivity index (χ0) is 15.0. The molecule has 0 aromatic carbocycles. The smallest absolute Gasteiger partial charge is 0.311 e. The molecule has 0 spiro atoms. The molecule has 1 unspecified atom stereocenters. The van der Waals surface area contributed by atoms with E-state index in [1.165, 1.54) is 10.6 Å². The number of esters is 1. The molecule has 21 heavy (non-hydrogen) atoms. The van der Waals surface area contributed by atoms with Crippen LogP contribution in [0.3, 0.4) is 0 Å². The predicted molar refractivity (Wildman–Crippen MR) is 81.6 cm³/mol. The van der Waals surface area contributed by atoms with Crippen LogP contribution in [-0.2, 0) is 27.3 Å². The van der Waals surface area contributed by atoms with Crippen molar-refractivity contribution in [3.8, 4) is 0 Å². The Labute approximate surface area is 129 Å². The molecule has 1 fully saturated rings. The average molecular weight is 310 g/mol. The number of anilines is 1. The van der Waals surface area contributed by atoms with Gasteiger partial charge < -0.3 is 14.4 Å². The molecule has 5 nitrogen and oxygen atoms in total. The van der Waals surface area contributed by atoms with Crippen LogP contribution in [0.15, 0.2) is 0 Å². The van der Waals surface area contributed by atoms with Crippen LogP contribution in [0.1, 0.15) is 37.8 Å². The van der Waals surface area contributed by atoms with E-state index in [-0.39, 0.29) is 11.9 Å². The summed E-state index contributed by atoms with van der Waals surface area (Å²) in [5.41, 5.74) is 0.754. The highest BCUT2D eigenvalue weighted by Gasteiger charge is 2.33. The molecule has 0 bridgehead atoms.